The number of hydrogen-bond acceptors (Lipinski definition) is 6. The lowest BCUT2D eigenvalue weighted by atomic mass is 9.95. The zero-order valence-corrected chi connectivity index (χ0v) is 19.0. The first kappa shape index (κ1) is 22.8. The number of nitrogens with zero attached hydrogens (tertiary/aromatic N) is 3. The maximum atomic E-state index is 12.8. The molecule has 2 aromatic rings. The Morgan fingerprint density at radius 1 is 1.15 bits per heavy atom. The van der Waals surface area contributed by atoms with E-state index in [1.54, 1.807) is 6.92 Å². The standard InChI is InChI=1S/C24H30N4O5/c1-3-20(29)28-19(15-10-12-17(13-11-15)33-4-2)14-18(26-28)21-22(30)25-24(32)27(23(21)31)16-8-6-5-7-9-16/h10-13,16,19,31H,3-9,14H2,1-2H3,(H,25,30,32)/t19-/m0/s1. The first-order valence-corrected chi connectivity index (χ1v) is 11.6. The summed E-state index contributed by atoms with van der Waals surface area (Å²) in [6.07, 6.45) is 5.04. The highest BCUT2D eigenvalue weighted by Crippen LogP contribution is 2.36. The van der Waals surface area contributed by atoms with Crippen LogP contribution in [0.1, 0.15) is 82.0 Å². The molecule has 0 saturated heterocycles. The highest BCUT2D eigenvalue weighted by Gasteiger charge is 2.35. The molecule has 1 amide bonds. The van der Waals surface area contributed by atoms with Crippen molar-refractivity contribution >= 4 is 11.6 Å². The molecule has 1 aromatic heterocycles. The Morgan fingerprint density at radius 2 is 1.85 bits per heavy atom. The van der Waals surface area contributed by atoms with Crippen molar-refractivity contribution in [1.82, 2.24) is 14.6 Å². The Morgan fingerprint density at radius 3 is 2.48 bits per heavy atom. The smallest absolute Gasteiger partial charge is 0.331 e. The predicted molar refractivity (Wildman–Crippen MR) is 124 cm³/mol. The number of aromatic amines is 1. The van der Waals surface area contributed by atoms with E-state index < -0.39 is 17.3 Å². The zero-order chi connectivity index (χ0) is 23.5. The van der Waals surface area contributed by atoms with E-state index in [1.807, 2.05) is 31.2 Å². The van der Waals surface area contributed by atoms with E-state index in [-0.39, 0.29) is 36.2 Å². The number of nitrogens with one attached hydrogen (secondary N) is 1. The Balaban J connectivity index is 1.73. The van der Waals surface area contributed by atoms with Gasteiger partial charge in [-0.25, -0.2) is 9.80 Å². The normalized spacial score (nSPS) is 18.9. The lowest BCUT2D eigenvalue weighted by Crippen LogP contribution is -2.36. The average Bonchev–Trinajstić information content (AvgIpc) is 3.24. The van der Waals surface area contributed by atoms with Crippen LogP contribution in [0, 0.1) is 0 Å². The molecule has 1 fully saturated rings. The molecule has 0 unspecified atom stereocenters. The molecule has 33 heavy (non-hydrogen) atoms. The molecule has 1 aromatic carbocycles. The summed E-state index contributed by atoms with van der Waals surface area (Å²) >= 11 is 0. The average molecular weight is 455 g/mol. The number of benzene rings is 1. The van der Waals surface area contributed by atoms with Crippen molar-refractivity contribution in [1.29, 1.82) is 0 Å². The first-order chi connectivity index (χ1) is 15.9. The Bertz CT molecular complexity index is 1160. The van der Waals surface area contributed by atoms with E-state index >= 15 is 0 Å². The van der Waals surface area contributed by atoms with Crippen LogP contribution in [0.4, 0.5) is 0 Å². The van der Waals surface area contributed by atoms with Gasteiger partial charge in [-0.2, -0.15) is 5.10 Å². The van der Waals surface area contributed by atoms with E-state index in [4.69, 9.17) is 4.74 Å². The van der Waals surface area contributed by atoms with Gasteiger partial charge in [0.05, 0.1) is 18.4 Å². The SMILES string of the molecule is CCOc1ccc([C@@H]2CC(c3c(O)n(C4CCCCC4)c(=O)[nH]c3=O)=NN2C(=O)CC)cc1. The lowest BCUT2D eigenvalue weighted by Gasteiger charge is -2.25. The maximum absolute atomic E-state index is 12.8. The molecule has 176 valence electrons. The van der Waals surface area contributed by atoms with E-state index in [1.165, 1.54) is 9.58 Å². The van der Waals surface area contributed by atoms with Gasteiger partial charge < -0.3 is 9.84 Å². The fourth-order valence-corrected chi connectivity index (χ4v) is 4.74. The van der Waals surface area contributed by atoms with Gasteiger partial charge in [0.1, 0.15) is 11.3 Å². The maximum Gasteiger partial charge on any atom is 0.331 e. The minimum Gasteiger partial charge on any atom is -0.494 e. The predicted octanol–water partition coefficient (Wildman–Crippen LogP) is 3.23. The van der Waals surface area contributed by atoms with Gasteiger partial charge in [-0.05, 0) is 37.5 Å². The summed E-state index contributed by atoms with van der Waals surface area (Å²) in [5, 5.41) is 16.9. The molecular weight excluding hydrogens is 424 g/mol. The molecule has 9 nitrogen and oxygen atoms in total. The number of carbonyl (C=O) groups is 1. The molecule has 1 aliphatic carbocycles. The summed E-state index contributed by atoms with van der Waals surface area (Å²) in [4.78, 5) is 40.3. The van der Waals surface area contributed by atoms with Gasteiger partial charge in [-0.1, -0.05) is 38.3 Å². The van der Waals surface area contributed by atoms with Gasteiger partial charge in [0.2, 0.25) is 11.8 Å². The van der Waals surface area contributed by atoms with Crippen LogP contribution >= 0.6 is 0 Å². The molecule has 0 spiro atoms. The van der Waals surface area contributed by atoms with Crippen LogP contribution in [0.2, 0.25) is 0 Å². The summed E-state index contributed by atoms with van der Waals surface area (Å²) in [6.45, 7) is 4.21. The summed E-state index contributed by atoms with van der Waals surface area (Å²) in [5.74, 6) is 0.161. The molecule has 1 saturated carbocycles. The number of rotatable bonds is 6. The van der Waals surface area contributed by atoms with E-state index in [0.29, 0.717) is 12.3 Å². The first-order valence-electron chi connectivity index (χ1n) is 11.6. The van der Waals surface area contributed by atoms with Crippen molar-refractivity contribution in [2.24, 2.45) is 5.10 Å². The van der Waals surface area contributed by atoms with Crippen molar-refractivity contribution < 1.29 is 14.6 Å². The number of ether oxygens (including phenoxy) is 1. The monoisotopic (exact) mass is 454 g/mol. The largest absolute Gasteiger partial charge is 0.494 e. The molecule has 9 heteroatoms. The van der Waals surface area contributed by atoms with Crippen molar-refractivity contribution in [2.75, 3.05) is 6.61 Å². The number of hydrogen-bond donors (Lipinski definition) is 2. The molecule has 2 heterocycles. The van der Waals surface area contributed by atoms with Crippen molar-refractivity contribution in [2.45, 2.75) is 70.9 Å². The molecular formula is C24H30N4O5. The van der Waals surface area contributed by atoms with Gasteiger partial charge in [0.25, 0.3) is 5.56 Å². The molecule has 1 atom stereocenters. The van der Waals surface area contributed by atoms with Gasteiger partial charge in [0.15, 0.2) is 0 Å². The lowest BCUT2D eigenvalue weighted by molar-refractivity contribution is -0.132. The fourth-order valence-electron chi connectivity index (χ4n) is 4.74. The number of H-pyrrole nitrogens is 1. The molecule has 2 aliphatic rings. The number of aromatic hydroxyl groups is 1. The van der Waals surface area contributed by atoms with Crippen molar-refractivity contribution in [3.8, 4) is 11.6 Å². The van der Waals surface area contributed by atoms with Gasteiger partial charge in [-0.15, -0.1) is 0 Å². The number of hydrazone groups is 1. The third-order valence-corrected chi connectivity index (χ3v) is 6.39. The minimum atomic E-state index is -0.695. The second-order valence-electron chi connectivity index (χ2n) is 8.48. The zero-order valence-electron chi connectivity index (χ0n) is 19.0. The highest BCUT2D eigenvalue weighted by molar-refractivity contribution is 6.04. The van der Waals surface area contributed by atoms with Crippen LogP contribution in [-0.2, 0) is 4.79 Å². The van der Waals surface area contributed by atoms with Crippen molar-refractivity contribution in [3.05, 3.63) is 56.2 Å². The van der Waals surface area contributed by atoms with Crippen LogP contribution in [-0.4, -0.2) is 37.9 Å². The number of amides is 1. The highest BCUT2D eigenvalue weighted by atomic mass is 16.5. The van der Waals surface area contributed by atoms with Crippen LogP contribution in [0.15, 0.2) is 39.0 Å². The Hall–Kier alpha value is -3.36. The van der Waals surface area contributed by atoms with Gasteiger partial charge in [-0.3, -0.25) is 19.1 Å². The number of carbonyl (C=O) groups excluding carboxylic acids is 1. The minimum absolute atomic E-state index is 0.0393. The fraction of sp³-hybridized carbons (Fsp3) is 0.500. The molecule has 1 aliphatic heterocycles. The van der Waals surface area contributed by atoms with Gasteiger partial charge >= 0.3 is 5.69 Å². The van der Waals surface area contributed by atoms with Gasteiger partial charge in [0, 0.05) is 18.9 Å². The van der Waals surface area contributed by atoms with Crippen LogP contribution in [0.3, 0.4) is 0 Å². The Labute approximate surface area is 191 Å². The molecule has 4 rings (SSSR count). The summed E-state index contributed by atoms with van der Waals surface area (Å²) < 4.78 is 6.79. The molecule has 2 N–H and O–H groups in total. The second kappa shape index (κ2) is 9.64. The molecule has 0 bridgehead atoms. The number of aromatic nitrogens is 2. The quantitative estimate of drug-likeness (QED) is 0.695. The van der Waals surface area contributed by atoms with Crippen LogP contribution < -0.4 is 16.0 Å². The second-order valence-corrected chi connectivity index (χ2v) is 8.48. The summed E-state index contributed by atoms with van der Waals surface area (Å²) in [6, 6.07) is 6.82. The van der Waals surface area contributed by atoms with E-state index in [2.05, 4.69) is 10.1 Å². The van der Waals surface area contributed by atoms with Crippen LogP contribution in [0.5, 0.6) is 11.6 Å². The third-order valence-electron chi connectivity index (χ3n) is 6.39. The topological polar surface area (TPSA) is 117 Å². The summed E-state index contributed by atoms with van der Waals surface area (Å²) in [7, 11) is 0. The van der Waals surface area contributed by atoms with E-state index in [0.717, 1.165) is 43.4 Å². The van der Waals surface area contributed by atoms with E-state index in [9.17, 15) is 19.5 Å². The van der Waals surface area contributed by atoms with Crippen molar-refractivity contribution in [3.63, 3.8) is 0 Å². The third kappa shape index (κ3) is 4.44. The molecule has 0 radical (unpaired) electrons. The summed E-state index contributed by atoms with van der Waals surface area (Å²) in [5.41, 5.74) is -0.215. The Kier molecular flexibility index (Phi) is 6.67. The van der Waals surface area contributed by atoms with Crippen LogP contribution in [0.25, 0.3) is 0 Å².